The van der Waals surface area contributed by atoms with E-state index in [2.05, 4.69) is 15.5 Å². The van der Waals surface area contributed by atoms with Gasteiger partial charge in [-0.05, 0) is 6.07 Å². The van der Waals surface area contributed by atoms with E-state index in [0.717, 1.165) is 0 Å². The molecule has 0 spiro atoms. The Morgan fingerprint density at radius 2 is 2.15 bits per heavy atom. The van der Waals surface area contributed by atoms with Gasteiger partial charge >= 0.3 is 6.03 Å². The van der Waals surface area contributed by atoms with Crippen LogP contribution in [-0.4, -0.2) is 64.2 Å². The van der Waals surface area contributed by atoms with E-state index in [1.54, 1.807) is 9.80 Å². The van der Waals surface area contributed by atoms with Gasteiger partial charge in [0.25, 0.3) is 5.91 Å². The number of rotatable bonds is 1. The van der Waals surface area contributed by atoms with Gasteiger partial charge in [0, 0.05) is 26.2 Å². The number of amides is 3. The standard InChI is InChI=1S/C11H11Cl2N5O2/c12-8-3-7(9(13)16-15-8)10(19)17-1-2-18-6(5-17)4-14-11(18)20/h3,6H,1-2,4-5H2,(H,14,20). The molecule has 0 bridgehead atoms. The SMILES string of the molecule is O=C(c1cc(Cl)nnc1Cl)N1CCN2C(=O)NCC2C1. The smallest absolute Gasteiger partial charge is 0.317 e. The molecule has 2 aliphatic heterocycles. The van der Waals surface area contributed by atoms with Crippen LogP contribution >= 0.6 is 23.2 Å². The zero-order valence-electron chi connectivity index (χ0n) is 10.3. The summed E-state index contributed by atoms with van der Waals surface area (Å²) in [5.74, 6) is -0.245. The first kappa shape index (κ1) is 13.4. The topological polar surface area (TPSA) is 78.4 Å². The maximum absolute atomic E-state index is 12.4. The van der Waals surface area contributed by atoms with Crippen molar-refractivity contribution in [3.63, 3.8) is 0 Å². The minimum Gasteiger partial charge on any atom is -0.336 e. The summed E-state index contributed by atoms with van der Waals surface area (Å²) in [6.45, 7) is 1.98. The van der Waals surface area contributed by atoms with E-state index in [9.17, 15) is 9.59 Å². The van der Waals surface area contributed by atoms with Crippen molar-refractivity contribution in [3.05, 3.63) is 21.9 Å². The summed E-state index contributed by atoms with van der Waals surface area (Å²) in [4.78, 5) is 27.3. The molecule has 3 amide bonds. The van der Waals surface area contributed by atoms with Gasteiger partial charge in [0.15, 0.2) is 10.3 Å². The van der Waals surface area contributed by atoms with Crippen molar-refractivity contribution in [3.8, 4) is 0 Å². The van der Waals surface area contributed by atoms with Gasteiger partial charge in [0.05, 0.1) is 11.6 Å². The summed E-state index contributed by atoms with van der Waals surface area (Å²) < 4.78 is 0. The van der Waals surface area contributed by atoms with E-state index in [1.807, 2.05) is 0 Å². The van der Waals surface area contributed by atoms with Gasteiger partial charge in [-0.1, -0.05) is 23.2 Å². The molecule has 20 heavy (non-hydrogen) atoms. The summed E-state index contributed by atoms with van der Waals surface area (Å²) in [5, 5.41) is 10.1. The first-order valence-corrected chi connectivity index (χ1v) is 6.84. The summed E-state index contributed by atoms with van der Waals surface area (Å²) >= 11 is 11.6. The van der Waals surface area contributed by atoms with Gasteiger partial charge in [-0.15, -0.1) is 10.2 Å². The number of hydrogen-bond donors (Lipinski definition) is 1. The van der Waals surface area contributed by atoms with Crippen LogP contribution in [0.3, 0.4) is 0 Å². The Bertz CT molecular complexity index is 582. The number of aromatic nitrogens is 2. The van der Waals surface area contributed by atoms with Crippen molar-refractivity contribution in [2.75, 3.05) is 26.2 Å². The predicted octanol–water partition coefficient (Wildman–Crippen LogP) is 0.633. The van der Waals surface area contributed by atoms with Crippen molar-refractivity contribution >= 4 is 35.1 Å². The number of carbonyl (C=O) groups excluding carboxylic acids is 2. The zero-order chi connectivity index (χ0) is 14.3. The molecule has 9 heteroatoms. The number of piperazine rings is 1. The Labute approximate surface area is 124 Å². The number of carbonyl (C=O) groups is 2. The summed E-state index contributed by atoms with van der Waals surface area (Å²) in [5.41, 5.74) is 0.234. The molecule has 3 rings (SSSR count). The molecular weight excluding hydrogens is 305 g/mol. The lowest BCUT2D eigenvalue weighted by Gasteiger charge is -2.36. The van der Waals surface area contributed by atoms with Crippen LogP contribution in [0.15, 0.2) is 6.07 Å². The second-order valence-electron chi connectivity index (χ2n) is 4.66. The van der Waals surface area contributed by atoms with Crippen LogP contribution in [-0.2, 0) is 0 Å². The molecule has 2 aliphatic rings. The van der Waals surface area contributed by atoms with E-state index in [0.29, 0.717) is 26.2 Å². The van der Waals surface area contributed by atoms with Gasteiger partial charge in [-0.2, -0.15) is 0 Å². The number of urea groups is 1. The third-order valence-corrected chi connectivity index (χ3v) is 3.93. The summed E-state index contributed by atoms with van der Waals surface area (Å²) in [7, 11) is 0. The van der Waals surface area contributed by atoms with Gasteiger partial charge in [-0.3, -0.25) is 4.79 Å². The molecule has 0 aliphatic carbocycles. The average molecular weight is 316 g/mol. The van der Waals surface area contributed by atoms with Crippen LogP contribution in [0.4, 0.5) is 4.79 Å². The number of hydrogen-bond acceptors (Lipinski definition) is 4. The fourth-order valence-electron chi connectivity index (χ4n) is 2.46. The van der Waals surface area contributed by atoms with Crippen LogP contribution in [0.5, 0.6) is 0 Å². The lowest BCUT2D eigenvalue weighted by molar-refractivity contribution is 0.0616. The normalized spacial score (nSPS) is 21.7. The molecule has 7 nitrogen and oxygen atoms in total. The lowest BCUT2D eigenvalue weighted by atomic mass is 10.1. The minimum atomic E-state index is -0.245. The molecule has 0 radical (unpaired) electrons. The fourth-order valence-corrected chi connectivity index (χ4v) is 2.78. The first-order valence-electron chi connectivity index (χ1n) is 6.08. The Hall–Kier alpha value is -1.60. The second-order valence-corrected chi connectivity index (χ2v) is 5.40. The van der Waals surface area contributed by atoms with Crippen LogP contribution in [0.25, 0.3) is 0 Å². The first-order chi connectivity index (χ1) is 9.56. The second kappa shape index (κ2) is 5.06. The Kier molecular flexibility index (Phi) is 3.39. The number of fused-ring (bicyclic) bond motifs is 1. The maximum atomic E-state index is 12.4. The summed E-state index contributed by atoms with van der Waals surface area (Å²) in [6, 6.07) is 1.34. The van der Waals surface area contributed by atoms with Crippen molar-refractivity contribution in [2.45, 2.75) is 6.04 Å². The molecule has 3 heterocycles. The third kappa shape index (κ3) is 2.27. The molecule has 1 N–H and O–H groups in total. The van der Waals surface area contributed by atoms with Gasteiger partial charge < -0.3 is 15.1 Å². The van der Waals surface area contributed by atoms with Crippen molar-refractivity contribution in [1.29, 1.82) is 0 Å². The van der Waals surface area contributed by atoms with Crippen LogP contribution in [0.2, 0.25) is 10.3 Å². The van der Waals surface area contributed by atoms with Crippen molar-refractivity contribution in [2.24, 2.45) is 0 Å². The number of halogens is 2. The lowest BCUT2D eigenvalue weighted by Crippen LogP contribution is -2.53. The molecule has 1 unspecified atom stereocenters. The van der Waals surface area contributed by atoms with Gasteiger partial charge in [0.1, 0.15) is 0 Å². The monoisotopic (exact) mass is 315 g/mol. The van der Waals surface area contributed by atoms with E-state index in [4.69, 9.17) is 23.2 Å². The largest absolute Gasteiger partial charge is 0.336 e. The minimum absolute atomic E-state index is 0.00393. The molecule has 106 valence electrons. The molecular formula is C11H11Cl2N5O2. The highest BCUT2D eigenvalue weighted by molar-refractivity contribution is 6.34. The number of nitrogens with one attached hydrogen (secondary N) is 1. The Morgan fingerprint density at radius 1 is 1.35 bits per heavy atom. The highest BCUT2D eigenvalue weighted by Gasteiger charge is 2.37. The van der Waals surface area contributed by atoms with Crippen LogP contribution in [0.1, 0.15) is 10.4 Å². The molecule has 0 aromatic carbocycles. The molecule has 2 fully saturated rings. The molecule has 2 saturated heterocycles. The van der Waals surface area contributed by atoms with E-state index >= 15 is 0 Å². The summed E-state index contributed by atoms with van der Waals surface area (Å²) in [6.07, 6.45) is 0. The molecule has 1 aromatic rings. The third-order valence-electron chi connectivity index (χ3n) is 3.47. The van der Waals surface area contributed by atoms with Gasteiger partial charge in [0.2, 0.25) is 0 Å². The van der Waals surface area contributed by atoms with E-state index < -0.39 is 0 Å². The predicted molar refractivity (Wildman–Crippen MR) is 71.8 cm³/mol. The van der Waals surface area contributed by atoms with E-state index in [1.165, 1.54) is 6.07 Å². The van der Waals surface area contributed by atoms with Gasteiger partial charge in [-0.25, -0.2) is 4.79 Å². The van der Waals surface area contributed by atoms with Crippen molar-refractivity contribution in [1.82, 2.24) is 25.3 Å². The zero-order valence-corrected chi connectivity index (χ0v) is 11.9. The van der Waals surface area contributed by atoms with Crippen LogP contribution < -0.4 is 5.32 Å². The molecule has 0 saturated carbocycles. The quantitative estimate of drug-likeness (QED) is 0.824. The Morgan fingerprint density at radius 3 is 2.95 bits per heavy atom. The van der Waals surface area contributed by atoms with E-state index in [-0.39, 0.29) is 33.8 Å². The van der Waals surface area contributed by atoms with Crippen molar-refractivity contribution < 1.29 is 9.59 Å². The number of nitrogens with zero attached hydrogens (tertiary/aromatic N) is 4. The highest BCUT2D eigenvalue weighted by Crippen LogP contribution is 2.21. The average Bonchev–Trinajstić information content (AvgIpc) is 2.82. The Balaban J connectivity index is 1.78. The molecule has 1 aromatic heterocycles. The fraction of sp³-hybridized carbons (Fsp3) is 0.455. The molecule has 1 atom stereocenters. The highest BCUT2D eigenvalue weighted by atomic mass is 35.5. The van der Waals surface area contributed by atoms with Crippen LogP contribution in [0, 0.1) is 0 Å². The maximum Gasteiger partial charge on any atom is 0.317 e.